The average Bonchev–Trinajstić information content (AvgIpc) is 3.30. The molecule has 3 heterocycles. The second-order valence-corrected chi connectivity index (χ2v) is 8.70. The van der Waals surface area contributed by atoms with Gasteiger partial charge in [-0.2, -0.15) is 5.26 Å². The summed E-state index contributed by atoms with van der Waals surface area (Å²) in [5.41, 5.74) is 2.23. The number of anilines is 1. The molecule has 2 saturated heterocycles. The Morgan fingerprint density at radius 2 is 2.26 bits per heavy atom. The first-order chi connectivity index (χ1) is 15.1. The van der Waals surface area contributed by atoms with E-state index in [0.29, 0.717) is 17.2 Å². The number of piperidine rings is 1. The molecule has 2 fully saturated rings. The zero-order chi connectivity index (χ0) is 21.8. The number of rotatable bonds is 5. The van der Waals surface area contributed by atoms with Gasteiger partial charge in [0, 0.05) is 43.2 Å². The van der Waals surface area contributed by atoms with Gasteiger partial charge in [-0.3, -0.25) is 14.6 Å². The fraction of sp³-hybridized carbons (Fsp3) is 0.455. The Balaban J connectivity index is 1.51. The number of hydrogen-bond donors (Lipinski definition) is 1. The van der Waals surface area contributed by atoms with Crippen LogP contribution in [0.5, 0.6) is 0 Å². The molecule has 0 unspecified atom stereocenters. The summed E-state index contributed by atoms with van der Waals surface area (Å²) in [7, 11) is 1.74. The van der Waals surface area contributed by atoms with Crippen molar-refractivity contribution in [2.45, 2.75) is 25.0 Å². The highest BCUT2D eigenvalue weighted by molar-refractivity contribution is 7.99. The first kappa shape index (κ1) is 21.4. The van der Waals surface area contributed by atoms with Crippen molar-refractivity contribution < 1.29 is 14.3 Å². The zero-order valence-corrected chi connectivity index (χ0v) is 18.2. The Kier molecular flexibility index (Phi) is 6.59. The Bertz CT molecular complexity index is 1020. The Labute approximate surface area is 185 Å². The van der Waals surface area contributed by atoms with Gasteiger partial charge in [0.05, 0.1) is 35.7 Å². The lowest BCUT2D eigenvalue weighted by Crippen LogP contribution is -2.42. The van der Waals surface area contributed by atoms with Crippen molar-refractivity contribution in [1.29, 1.82) is 5.26 Å². The topological polar surface area (TPSA) is 98.6 Å². The molecule has 2 amide bonds. The van der Waals surface area contributed by atoms with Gasteiger partial charge in [0.1, 0.15) is 6.04 Å². The molecule has 0 aliphatic carbocycles. The number of amides is 2. The molecule has 8 nitrogen and oxygen atoms in total. The van der Waals surface area contributed by atoms with E-state index in [1.54, 1.807) is 31.1 Å². The first-order valence-electron chi connectivity index (χ1n) is 10.3. The standard InChI is InChI=1S/C22H25N5O3S/c1-30-17-3-2-8-26(12-17)15-4-5-20-19(9-15)18(6-7-24-20)22(29)25-11-21(28)27-14-31-13-16(27)10-23/h4-7,9,16-17H,2-3,8,11-14H2,1H3,(H,25,29)/t16-,17-/m1/s1. The molecule has 2 aliphatic heterocycles. The van der Waals surface area contributed by atoms with Crippen molar-refractivity contribution in [3.63, 3.8) is 0 Å². The van der Waals surface area contributed by atoms with Gasteiger partial charge in [-0.15, -0.1) is 11.8 Å². The molecule has 1 aromatic heterocycles. The number of carbonyl (C=O) groups is 2. The van der Waals surface area contributed by atoms with E-state index in [1.165, 1.54) is 4.90 Å². The van der Waals surface area contributed by atoms with E-state index in [2.05, 4.69) is 21.3 Å². The zero-order valence-electron chi connectivity index (χ0n) is 17.4. The highest BCUT2D eigenvalue weighted by Gasteiger charge is 2.29. The van der Waals surface area contributed by atoms with Crippen LogP contribution in [-0.2, 0) is 9.53 Å². The van der Waals surface area contributed by atoms with Gasteiger partial charge in [0.15, 0.2) is 0 Å². The molecule has 162 valence electrons. The number of carbonyl (C=O) groups excluding carboxylic acids is 2. The minimum Gasteiger partial charge on any atom is -0.380 e. The average molecular weight is 440 g/mol. The van der Waals surface area contributed by atoms with Crippen LogP contribution in [0, 0.1) is 11.3 Å². The number of methoxy groups -OCH3 is 1. The summed E-state index contributed by atoms with van der Waals surface area (Å²) in [5.74, 6) is 0.510. The maximum atomic E-state index is 12.9. The largest absolute Gasteiger partial charge is 0.380 e. The lowest BCUT2D eigenvalue weighted by atomic mass is 10.0. The van der Waals surface area contributed by atoms with E-state index in [0.717, 1.165) is 42.5 Å². The molecule has 4 rings (SSSR count). The fourth-order valence-electron chi connectivity index (χ4n) is 4.04. The van der Waals surface area contributed by atoms with Crippen LogP contribution in [0.15, 0.2) is 30.5 Å². The van der Waals surface area contributed by atoms with Crippen molar-refractivity contribution in [2.24, 2.45) is 0 Å². The normalized spacial score (nSPS) is 21.2. The van der Waals surface area contributed by atoms with Crippen LogP contribution in [0.4, 0.5) is 5.69 Å². The third-order valence-electron chi connectivity index (χ3n) is 5.80. The smallest absolute Gasteiger partial charge is 0.252 e. The maximum absolute atomic E-state index is 12.9. The number of nitriles is 1. The molecule has 0 saturated carbocycles. The number of thioether (sulfide) groups is 1. The summed E-state index contributed by atoms with van der Waals surface area (Å²) in [5, 5.41) is 12.6. The van der Waals surface area contributed by atoms with E-state index in [1.807, 2.05) is 18.2 Å². The van der Waals surface area contributed by atoms with Gasteiger partial charge in [0.25, 0.3) is 5.91 Å². The van der Waals surface area contributed by atoms with Gasteiger partial charge in [0.2, 0.25) is 5.91 Å². The third-order valence-corrected chi connectivity index (χ3v) is 6.81. The third kappa shape index (κ3) is 4.60. The first-order valence-corrected chi connectivity index (χ1v) is 11.5. The predicted octanol–water partition coefficient (Wildman–Crippen LogP) is 2.00. The van der Waals surface area contributed by atoms with Gasteiger partial charge >= 0.3 is 0 Å². The van der Waals surface area contributed by atoms with Crippen LogP contribution in [0.3, 0.4) is 0 Å². The molecule has 0 bridgehead atoms. The minimum absolute atomic E-state index is 0.136. The highest BCUT2D eigenvalue weighted by atomic mass is 32.2. The number of benzene rings is 1. The van der Waals surface area contributed by atoms with Crippen molar-refractivity contribution in [1.82, 2.24) is 15.2 Å². The molecular weight excluding hydrogens is 414 g/mol. The summed E-state index contributed by atoms with van der Waals surface area (Å²) >= 11 is 1.54. The second kappa shape index (κ2) is 9.54. The number of ether oxygens (including phenoxy) is 1. The van der Waals surface area contributed by atoms with Crippen LogP contribution >= 0.6 is 11.8 Å². The van der Waals surface area contributed by atoms with Crippen LogP contribution in [0.1, 0.15) is 23.2 Å². The maximum Gasteiger partial charge on any atom is 0.252 e. The van der Waals surface area contributed by atoms with Crippen molar-refractivity contribution in [2.75, 3.05) is 43.3 Å². The molecule has 2 atom stereocenters. The number of aromatic nitrogens is 1. The summed E-state index contributed by atoms with van der Waals surface area (Å²) in [6.07, 6.45) is 3.90. The Hall–Kier alpha value is -2.83. The second-order valence-electron chi connectivity index (χ2n) is 7.70. The Morgan fingerprint density at radius 1 is 1.39 bits per heavy atom. The van der Waals surface area contributed by atoms with Crippen molar-refractivity contribution in [3.8, 4) is 6.07 Å². The molecule has 31 heavy (non-hydrogen) atoms. The number of pyridine rings is 1. The van der Waals surface area contributed by atoms with Gasteiger partial charge in [-0.05, 0) is 37.1 Å². The van der Waals surface area contributed by atoms with Crippen LogP contribution in [-0.4, -0.2) is 72.2 Å². The lowest BCUT2D eigenvalue weighted by molar-refractivity contribution is -0.129. The monoisotopic (exact) mass is 439 g/mol. The quantitative estimate of drug-likeness (QED) is 0.761. The van der Waals surface area contributed by atoms with Gasteiger partial charge in [-0.1, -0.05) is 0 Å². The van der Waals surface area contributed by atoms with Gasteiger partial charge < -0.3 is 19.9 Å². The van der Waals surface area contributed by atoms with E-state index in [4.69, 9.17) is 10.00 Å². The summed E-state index contributed by atoms with van der Waals surface area (Å²) in [6.45, 7) is 1.62. The number of nitrogens with one attached hydrogen (secondary N) is 1. The number of nitrogens with zero attached hydrogens (tertiary/aromatic N) is 4. The molecule has 2 aromatic rings. The van der Waals surface area contributed by atoms with E-state index < -0.39 is 6.04 Å². The number of hydrogen-bond acceptors (Lipinski definition) is 7. The van der Waals surface area contributed by atoms with Crippen LogP contribution in [0.25, 0.3) is 10.9 Å². The van der Waals surface area contributed by atoms with Crippen LogP contribution < -0.4 is 10.2 Å². The molecule has 9 heteroatoms. The molecule has 0 spiro atoms. The molecule has 1 N–H and O–H groups in total. The Morgan fingerprint density at radius 3 is 3.06 bits per heavy atom. The van der Waals surface area contributed by atoms with Gasteiger partial charge in [-0.25, -0.2) is 0 Å². The summed E-state index contributed by atoms with van der Waals surface area (Å²) in [6, 6.07) is 9.30. The minimum atomic E-state index is -0.431. The van der Waals surface area contributed by atoms with E-state index >= 15 is 0 Å². The lowest BCUT2D eigenvalue weighted by Gasteiger charge is -2.33. The molecule has 0 radical (unpaired) electrons. The number of fused-ring (bicyclic) bond motifs is 1. The van der Waals surface area contributed by atoms with E-state index in [9.17, 15) is 9.59 Å². The van der Waals surface area contributed by atoms with Crippen LogP contribution in [0.2, 0.25) is 0 Å². The SMILES string of the molecule is CO[C@@H]1CCCN(c2ccc3nccc(C(=O)NCC(=O)N4CSC[C@H]4C#N)c3c2)C1. The molecule has 1 aromatic carbocycles. The summed E-state index contributed by atoms with van der Waals surface area (Å²) in [4.78, 5) is 33.5. The molecular formula is C22H25N5O3S. The fourth-order valence-corrected chi connectivity index (χ4v) is 5.15. The van der Waals surface area contributed by atoms with Crippen molar-refractivity contribution >= 4 is 40.2 Å². The van der Waals surface area contributed by atoms with Crippen molar-refractivity contribution in [3.05, 3.63) is 36.0 Å². The van der Waals surface area contributed by atoms with E-state index in [-0.39, 0.29) is 24.5 Å². The predicted molar refractivity (Wildman–Crippen MR) is 120 cm³/mol. The highest BCUT2D eigenvalue weighted by Crippen LogP contribution is 2.27. The molecule has 2 aliphatic rings. The summed E-state index contributed by atoms with van der Waals surface area (Å²) < 4.78 is 5.53.